The number of hydrogen-bond donors (Lipinski definition) is 0. The van der Waals surface area contributed by atoms with E-state index in [9.17, 15) is 0 Å². The molecule has 0 saturated heterocycles. The second-order valence-corrected chi connectivity index (χ2v) is 4.49. The highest BCUT2D eigenvalue weighted by molar-refractivity contribution is 6.16. The Morgan fingerprint density at radius 1 is 1.38 bits per heavy atom. The van der Waals surface area contributed by atoms with E-state index in [1.54, 1.807) is 0 Å². The molecule has 0 atom stereocenters. The van der Waals surface area contributed by atoms with Crippen molar-refractivity contribution in [1.29, 1.82) is 0 Å². The third-order valence-electron chi connectivity index (χ3n) is 2.78. The number of aryl methyl sites for hydroxylation is 2. The summed E-state index contributed by atoms with van der Waals surface area (Å²) in [6.45, 7) is 6.36. The molecule has 0 saturated carbocycles. The van der Waals surface area contributed by atoms with Gasteiger partial charge in [-0.3, -0.25) is 4.68 Å². The van der Waals surface area contributed by atoms with Crippen molar-refractivity contribution in [3.8, 4) is 0 Å². The molecule has 2 aromatic rings. The smallest absolute Gasteiger partial charge is 0.158 e. The Morgan fingerprint density at radius 3 is 2.56 bits per heavy atom. The Bertz CT molecular complexity index is 509. The number of aromatic nitrogens is 4. The first-order valence-electron chi connectivity index (χ1n) is 5.58. The standard InChI is InChI=1S/C11H17ClN4/c1-5-8-10-11(15(4)14-8)16(7(2)3)9(6-12)13-10/h7H,5-6H2,1-4H3. The Labute approximate surface area is 100 Å². The number of fused-ring (bicyclic) bond motifs is 1. The van der Waals surface area contributed by atoms with Crippen LogP contribution in [0.25, 0.3) is 11.2 Å². The molecule has 2 rings (SSSR count). The molecule has 0 aliphatic carbocycles. The number of halogens is 1. The van der Waals surface area contributed by atoms with Gasteiger partial charge < -0.3 is 4.57 Å². The first-order chi connectivity index (χ1) is 7.60. The van der Waals surface area contributed by atoms with Crippen LogP contribution in [0.15, 0.2) is 0 Å². The minimum absolute atomic E-state index is 0.346. The van der Waals surface area contributed by atoms with Gasteiger partial charge in [0.15, 0.2) is 5.65 Å². The molecule has 0 amide bonds. The van der Waals surface area contributed by atoms with E-state index in [-0.39, 0.29) is 0 Å². The van der Waals surface area contributed by atoms with Gasteiger partial charge in [-0.25, -0.2) is 4.98 Å². The predicted molar refractivity (Wildman–Crippen MR) is 65.8 cm³/mol. The van der Waals surface area contributed by atoms with Crippen molar-refractivity contribution in [3.05, 3.63) is 11.5 Å². The fourth-order valence-electron chi connectivity index (χ4n) is 2.12. The first-order valence-corrected chi connectivity index (χ1v) is 6.12. The van der Waals surface area contributed by atoms with Crippen LogP contribution in [0.4, 0.5) is 0 Å². The van der Waals surface area contributed by atoms with E-state index >= 15 is 0 Å². The van der Waals surface area contributed by atoms with Crippen molar-refractivity contribution in [1.82, 2.24) is 19.3 Å². The molecule has 0 unspecified atom stereocenters. The molecule has 0 spiro atoms. The molecule has 2 heterocycles. The molecule has 0 fully saturated rings. The zero-order valence-corrected chi connectivity index (χ0v) is 10.9. The Hall–Kier alpha value is -1.03. The van der Waals surface area contributed by atoms with Gasteiger partial charge in [-0.1, -0.05) is 6.92 Å². The maximum atomic E-state index is 5.94. The molecule has 4 nitrogen and oxygen atoms in total. The van der Waals surface area contributed by atoms with Gasteiger partial charge >= 0.3 is 0 Å². The van der Waals surface area contributed by atoms with E-state index < -0.39 is 0 Å². The van der Waals surface area contributed by atoms with Gasteiger partial charge in [0.1, 0.15) is 11.3 Å². The Balaban J connectivity index is 2.79. The summed E-state index contributed by atoms with van der Waals surface area (Å²) in [4.78, 5) is 4.59. The van der Waals surface area contributed by atoms with Crippen molar-refractivity contribution in [2.75, 3.05) is 0 Å². The second kappa shape index (κ2) is 4.09. The van der Waals surface area contributed by atoms with Crippen molar-refractivity contribution in [2.45, 2.75) is 39.1 Å². The second-order valence-electron chi connectivity index (χ2n) is 4.22. The Kier molecular flexibility index (Phi) is 2.93. The zero-order valence-electron chi connectivity index (χ0n) is 10.2. The fraction of sp³-hybridized carbons (Fsp3) is 0.636. The highest BCUT2D eigenvalue weighted by atomic mass is 35.5. The summed E-state index contributed by atoms with van der Waals surface area (Å²) < 4.78 is 4.06. The minimum Gasteiger partial charge on any atom is -0.309 e. The maximum absolute atomic E-state index is 5.94. The van der Waals surface area contributed by atoms with Crippen molar-refractivity contribution >= 4 is 22.8 Å². The predicted octanol–water partition coefficient (Wildman–Crippen LogP) is 2.65. The van der Waals surface area contributed by atoms with Gasteiger partial charge in [0.05, 0.1) is 11.6 Å². The molecule has 0 aromatic carbocycles. The first kappa shape index (κ1) is 11.5. The van der Waals surface area contributed by atoms with Crippen molar-refractivity contribution < 1.29 is 0 Å². The van der Waals surface area contributed by atoms with Gasteiger partial charge in [-0.05, 0) is 20.3 Å². The fourth-order valence-corrected chi connectivity index (χ4v) is 2.31. The Morgan fingerprint density at radius 2 is 2.06 bits per heavy atom. The molecule has 0 aliphatic heterocycles. The van der Waals surface area contributed by atoms with Crippen molar-refractivity contribution in [2.24, 2.45) is 7.05 Å². The monoisotopic (exact) mass is 240 g/mol. The van der Waals surface area contributed by atoms with E-state index in [0.29, 0.717) is 11.9 Å². The topological polar surface area (TPSA) is 35.6 Å². The molecule has 88 valence electrons. The quantitative estimate of drug-likeness (QED) is 0.774. The molecule has 16 heavy (non-hydrogen) atoms. The van der Waals surface area contributed by atoms with Crippen LogP contribution < -0.4 is 0 Å². The molecule has 0 radical (unpaired) electrons. The van der Waals surface area contributed by atoms with E-state index in [4.69, 9.17) is 11.6 Å². The van der Waals surface area contributed by atoms with Crippen LogP contribution >= 0.6 is 11.6 Å². The lowest BCUT2D eigenvalue weighted by molar-refractivity contribution is 0.576. The summed E-state index contributed by atoms with van der Waals surface area (Å²) >= 11 is 5.94. The third-order valence-corrected chi connectivity index (χ3v) is 3.02. The molecular weight excluding hydrogens is 224 g/mol. The SMILES string of the molecule is CCc1nn(C)c2c1nc(CCl)n2C(C)C. The largest absolute Gasteiger partial charge is 0.309 e. The van der Waals surface area contributed by atoms with E-state index in [1.165, 1.54) is 0 Å². The zero-order chi connectivity index (χ0) is 11.9. The molecule has 0 aliphatic rings. The van der Waals surface area contributed by atoms with Crippen LogP contribution in [0.5, 0.6) is 0 Å². The van der Waals surface area contributed by atoms with Crippen LogP contribution in [0, 0.1) is 0 Å². The molecule has 0 bridgehead atoms. The summed E-state index contributed by atoms with van der Waals surface area (Å²) in [5, 5.41) is 4.48. The number of rotatable bonds is 3. The van der Waals surface area contributed by atoms with Crippen LogP contribution in [-0.2, 0) is 19.3 Å². The summed E-state index contributed by atoms with van der Waals surface area (Å²) in [5.74, 6) is 1.37. The van der Waals surface area contributed by atoms with E-state index in [2.05, 4.69) is 35.4 Å². The number of nitrogens with zero attached hydrogens (tertiary/aromatic N) is 4. The van der Waals surface area contributed by atoms with Crippen LogP contribution in [-0.4, -0.2) is 19.3 Å². The van der Waals surface area contributed by atoms with Gasteiger partial charge in [-0.15, -0.1) is 11.6 Å². The maximum Gasteiger partial charge on any atom is 0.158 e. The van der Waals surface area contributed by atoms with E-state index in [1.807, 2.05) is 11.7 Å². The summed E-state index contributed by atoms with van der Waals surface area (Å²) in [7, 11) is 1.96. The summed E-state index contributed by atoms with van der Waals surface area (Å²) in [5.41, 5.74) is 3.11. The lowest BCUT2D eigenvalue weighted by atomic mass is 10.3. The number of hydrogen-bond acceptors (Lipinski definition) is 2. The molecular formula is C11H17ClN4. The van der Waals surface area contributed by atoms with Gasteiger partial charge in [0.25, 0.3) is 0 Å². The average Bonchev–Trinajstić information content (AvgIpc) is 2.76. The van der Waals surface area contributed by atoms with Gasteiger partial charge in [-0.2, -0.15) is 5.10 Å². The van der Waals surface area contributed by atoms with Gasteiger partial charge in [0, 0.05) is 13.1 Å². The molecule has 0 N–H and O–H groups in total. The number of imidazole rings is 1. The molecule has 5 heteroatoms. The normalized spacial score (nSPS) is 11.9. The van der Waals surface area contributed by atoms with Crippen LogP contribution in [0.2, 0.25) is 0 Å². The van der Waals surface area contributed by atoms with Crippen LogP contribution in [0.3, 0.4) is 0 Å². The lowest BCUT2D eigenvalue weighted by Crippen LogP contribution is -2.08. The lowest BCUT2D eigenvalue weighted by Gasteiger charge is -2.11. The highest BCUT2D eigenvalue weighted by Crippen LogP contribution is 2.24. The molecule has 2 aromatic heterocycles. The summed E-state index contributed by atoms with van der Waals surface area (Å²) in [6.07, 6.45) is 0.897. The average molecular weight is 241 g/mol. The third kappa shape index (κ3) is 1.52. The summed E-state index contributed by atoms with van der Waals surface area (Å²) in [6, 6.07) is 0.346. The van der Waals surface area contributed by atoms with Crippen LogP contribution in [0.1, 0.15) is 38.3 Å². The van der Waals surface area contributed by atoms with E-state index in [0.717, 1.165) is 29.1 Å². The minimum atomic E-state index is 0.346. The van der Waals surface area contributed by atoms with Gasteiger partial charge in [0.2, 0.25) is 0 Å². The number of alkyl halides is 1. The van der Waals surface area contributed by atoms with Crippen molar-refractivity contribution in [3.63, 3.8) is 0 Å². The highest BCUT2D eigenvalue weighted by Gasteiger charge is 2.19.